The van der Waals surface area contributed by atoms with Gasteiger partial charge in [0.05, 0.1) is 5.56 Å². The Labute approximate surface area is 142 Å². The molecule has 0 heterocycles. The summed E-state index contributed by atoms with van der Waals surface area (Å²) in [5.41, 5.74) is 5.41. The fourth-order valence-electron chi connectivity index (χ4n) is 1.82. The van der Waals surface area contributed by atoms with Gasteiger partial charge in [0.25, 0.3) is 11.8 Å². The first-order valence-electron chi connectivity index (χ1n) is 7.18. The monoisotopic (exact) mass is 346 g/mol. The molecule has 0 spiro atoms. The second kappa shape index (κ2) is 8.44. The van der Waals surface area contributed by atoms with Gasteiger partial charge in [0.15, 0.2) is 13.2 Å². The van der Waals surface area contributed by atoms with Crippen LogP contribution < -0.4 is 15.8 Å². The number of nitrogens with one attached hydrogen (secondary N) is 1. The first-order valence-corrected chi connectivity index (χ1v) is 7.18. The number of nitrogens with two attached hydrogens (primary N) is 1. The van der Waals surface area contributed by atoms with E-state index in [9.17, 15) is 18.8 Å². The summed E-state index contributed by atoms with van der Waals surface area (Å²) in [5.74, 6) is -2.06. The number of carbonyl (C=O) groups is 3. The highest BCUT2D eigenvalue weighted by molar-refractivity contribution is 5.95. The molecule has 0 aromatic heterocycles. The number of anilines is 1. The van der Waals surface area contributed by atoms with Crippen LogP contribution in [-0.4, -0.2) is 31.0 Å². The van der Waals surface area contributed by atoms with Crippen molar-refractivity contribution in [1.82, 2.24) is 0 Å². The van der Waals surface area contributed by atoms with Crippen LogP contribution >= 0.6 is 0 Å². The van der Waals surface area contributed by atoms with Gasteiger partial charge in [0.2, 0.25) is 0 Å². The zero-order valence-electron chi connectivity index (χ0n) is 13.0. The van der Waals surface area contributed by atoms with Gasteiger partial charge in [-0.1, -0.05) is 6.07 Å². The molecule has 3 N–H and O–H groups in total. The number of hydrogen-bond donors (Lipinski definition) is 2. The maximum atomic E-state index is 13.0. The standard InChI is InChI=1S/C17H15FN2O5/c18-12-2-1-3-13(8-12)20-16(22)10-25-17(23)11-4-6-14(7-5-11)24-9-15(19)21/h1-8H,9-10H2,(H2,19,21)(H,20,22). The molecular formula is C17H15FN2O5. The minimum absolute atomic E-state index is 0.199. The van der Waals surface area contributed by atoms with E-state index >= 15 is 0 Å². The summed E-state index contributed by atoms with van der Waals surface area (Å²) in [5, 5.41) is 2.41. The van der Waals surface area contributed by atoms with Crippen LogP contribution in [0.25, 0.3) is 0 Å². The van der Waals surface area contributed by atoms with Gasteiger partial charge in [-0.3, -0.25) is 9.59 Å². The first-order chi connectivity index (χ1) is 11.9. The van der Waals surface area contributed by atoms with E-state index in [1.165, 1.54) is 42.5 Å². The third-order valence-electron chi connectivity index (χ3n) is 2.91. The van der Waals surface area contributed by atoms with Crippen molar-refractivity contribution in [2.45, 2.75) is 0 Å². The summed E-state index contributed by atoms with van der Waals surface area (Å²) in [4.78, 5) is 34.2. The lowest BCUT2D eigenvalue weighted by Crippen LogP contribution is -2.21. The Bertz CT molecular complexity index is 777. The van der Waals surface area contributed by atoms with Crippen LogP contribution in [0, 0.1) is 5.82 Å². The van der Waals surface area contributed by atoms with Crippen LogP contribution in [0.2, 0.25) is 0 Å². The number of ether oxygens (including phenoxy) is 2. The van der Waals surface area contributed by atoms with E-state index in [0.717, 1.165) is 6.07 Å². The van der Waals surface area contributed by atoms with Crippen LogP contribution in [0.4, 0.5) is 10.1 Å². The smallest absolute Gasteiger partial charge is 0.338 e. The van der Waals surface area contributed by atoms with Crippen LogP contribution in [0.3, 0.4) is 0 Å². The van der Waals surface area contributed by atoms with E-state index in [-0.39, 0.29) is 17.9 Å². The highest BCUT2D eigenvalue weighted by atomic mass is 19.1. The Morgan fingerprint density at radius 1 is 1.04 bits per heavy atom. The Morgan fingerprint density at radius 3 is 2.40 bits per heavy atom. The molecule has 130 valence electrons. The molecule has 0 bridgehead atoms. The van der Waals surface area contributed by atoms with Gasteiger partial charge >= 0.3 is 5.97 Å². The number of esters is 1. The molecule has 0 aliphatic carbocycles. The zero-order valence-corrected chi connectivity index (χ0v) is 13.0. The molecule has 25 heavy (non-hydrogen) atoms. The van der Waals surface area contributed by atoms with Crippen LogP contribution in [0.1, 0.15) is 10.4 Å². The molecule has 7 nitrogen and oxygen atoms in total. The summed E-state index contributed by atoms with van der Waals surface area (Å²) in [6, 6.07) is 11.1. The lowest BCUT2D eigenvalue weighted by atomic mass is 10.2. The molecule has 2 aromatic rings. The molecule has 8 heteroatoms. The summed E-state index contributed by atoms with van der Waals surface area (Å²) < 4.78 is 22.9. The lowest BCUT2D eigenvalue weighted by molar-refractivity contribution is -0.120. The quantitative estimate of drug-likeness (QED) is 0.739. The van der Waals surface area contributed by atoms with Crippen molar-refractivity contribution in [2.24, 2.45) is 5.73 Å². The maximum absolute atomic E-state index is 13.0. The largest absolute Gasteiger partial charge is 0.484 e. The molecule has 0 saturated heterocycles. The van der Waals surface area contributed by atoms with E-state index < -0.39 is 30.2 Å². The van der Waals surface area contributed by atoms with E-state index in [1.807, 2.05) is 0 Å². The average Bonchev–Trinajstić information content (AvgIpc) is 2.58. The summed E-state index contributed by atoms with van der Waals surface area (Å²) in [7, 11) is 0. The number of primary amides is 1. The SMILES string of the molecule is NC(=O)COc1ccc(C(=O)OCC(=O)Nc2cccc(F)c2)cc1. The van der Waals surface area contributed by atoms with Gasteiger partial charge in [-0.05, 0) is 42.5 Å². The predicted molar refractivity (Wildman–Crippen MR) is 86.4 cm³/mol. The number of rotatable bonds is 7. The molecule has 0 aliphatic heterocycles. The van der Waals surface area contributed by atoms with Gasteiger partial charge in [-0.2, -0.15) is 0 Å². The van der Waals surface area contributed by atoms with Crippen molar-refractivity contribution in [1.29, 1.82) is 0 Å². The molecular weight excluding hydrogens is 331 g/mol. The van der Waals surface area contributed by atoms with E-state index in [0.29, 0.717) is 5.75 Å². The summed E-state index contributed by atoms with van der Waals surface area (Å²) in [6.45, 7) is -0.792. The molecule has 0 aliphatic rings. The first kappa shape index (κ1) is 17.9. The third-order valence-corrected chi connectivity index (χ3v) is 2.91. The normalized spacial score (nSPS) is 9.96. The molecule has 0 saturated carbocycles. The van der Waals surface area contributed by atoms with Crippen molar-refractivity contribution in [3.63, 3.8) is 0 Å². The fourth-order valence-corrected chi connectivity index (χ4v) is 1.82. The van der Waals surface area contributed by atoms with Gasteiger partial charge < -0.3 is 20.5 Å². The third kappa shape index (κ3) is 5.94. The van der Waals surface area contributed by atoms with Crippen LogP contribution in [-0.2, 0) is 14.3 Å². The van der Waals surface area contributed by atoms with Crippen molar-refractivity contribution >= 4 is 23.5 Å². The van der Waals surface area contributed by atoms with Crippen molar-refractivity contribution < 1.29 is 28.2 Å². The Kier molecular flexibility index (Phi) is 6.05. The predicted octanol–water partition coefficient (Wildman–Crippen LogP) is 1.49. The zero-order chi connectivity index (χ0) is 18.2. The summed E-state index contributed by atoms with van der Waals surface area (Å²) in [6.07, 6.45) is 0. The Morgan fingerprint density at radius 2 is 1.76 bits per heavy atom. The number of amides is 2. The number of benzene rings is 2. The fraction of sp³-hybridized carbons (Fsp3) is 0.118. The number of hydrogen-bond acceptors (Lipinski definition) is 5. The van der Waals surface area contributed by atoms with Gasteiger partial charge in [0.1, 0.15) is 11.6 Å². The molecule has 2 aromatic carbocycles. The van der Waals surface area contributed by atoms with E-state index in [1.54, 1.807) is 0 Å². The van der Waals surface area contributed by atoms with E-state index in [4.69, 9.17) is 15.2 Å². The molecule has 0 fully saturated rings. The Hall–Kier alpha value is -3.42. The molecule has 2 rings (SSSR count). The van der Waals surface area contributed by atoms with Crippen molar-refractivity contribution in [3.05, 3.63) is 59.9 Å². The molecule has 0 radical (unpaired) electrons. The topological polar surface area (TPSA) is 108 Å². The second-order valence-corrected chi connectivity index (χ2v) is 4.91. The highest BCUT2D eigenvalue weighted by Gasteiger charge is 2.11. The van der Waals surface area contributed by atoms with Crippen LogP contribution in [0.5, 0.6) is 5.75 Å². The number of halogens is 1. The minimum Gasteiger partial charge on any atom is -0.484 e. The molecule has 2 amide bonds. The molecule has 0 atom stereocenters. The van der Waals surface area contributed by atoms with E-state index in [2.05, 4.69) is 5.32 Å². The van der Waals surface area contributed by atoms with Crippen molar-refractivity contribution in [3.8, 4) is 5.75 Å². The lowest BCUT2D eigenvalue weighted by Gasteiger charge is -2.07. The minimum atomic E-state index is -0.712. The second-order valence-electron chi connectivity index (χ2n) is 4.91. The average molecular weight is 346 g/mol. The van der Waals surface area contributed by atoms with Crippen molar-refractivity contribution in [2.75, 3.05) is 18.5 Å². The number of carbonyl (C=O) groups excluding carboxylic acids is 3. The maximum Gasteiger partial charge on any atom is 0.338 e. The van der Waals surface area contributed by atoms with Gasteiger partial charge in [0, 0.05) is 5.69 Å². The Balaban J connectivity index is 1.83. The molecule has 0 unspecified atom stereocenters. The van der Waals surface area contributed by atoms with Crippen LogP contribution in [0.15, 0.2) is 48.5 Å². The van der Waals surface area contributed by atoms with Gasteiger partial charge in [-0.25, -0.2) is 9.18 Å². The summed E-state index contributed by atoms with van der Waals surface area (Å²) >= 11 is 0. The van der Waals surface area contributed by atoms with Gasteiger partial charge in [-0.15, -0.1) is 0 Å². The highest BCUT2D eigenvalue weighted by Crippen LogP contribution is 2.13.